The summed E-state index contributed by atoms with van der Waals surface area (Å²) in [5.74, 6) is 0. The number of pyridine rings is 1. The molecule has 3 aromatic rings. The second-order valence-electron chi connectivity index (χ2n) is 5.18. The molecule has 1 atom stereocenters. The largest absolute Gasteiger partial charge is 0.324 e. The zero-order chi connectivity index (χ0) is 14.2. The number of rotatable bonds is 2. The normalized spacial score (nSPS) is 17.7. The molecule has 0 fully saturated rings. The van der Waals surface area contributed by atoms with Crippen molar-refractivity contribution in [2.24, 2.45) is 5.73 Å². The Balaban J connectivity index is 1.95. The summed E-state index contributed by atoms with van der Waals surface area (Å²) in [7, 11) is 0. The number of hydrogen-bond donors (Lipinski definition) is 1. The van der Waals surface area contributed by atoms with E-state index >= 15 is 0 Å². The number of nitrogens with zero attached hydrogens (tertiary/aromatic N) is 4. The highest BCUT2D eigenvalue weighted by Crippen LogP contribution is 2.37. The molecule has 106 valence electrons. The fourth-order valence-corrected chi connectivity index (χ4v) is 3.54. The van der Waals surface area contributed by atoms with Crippen molar-refractivity contribution in [2.45, 2.75) is 25.3 Å². The molecule has 0 spiro atoms. The molecule has 0 aromatic carbocycles. The van der Waals surface area contributed by atoms with Crippen LogP contribution < -0.4 is 5.73 Å². The Bertz CT molecular complexity index is 748. The van der Waals surface area contributed by atoms with Crippen molar-refractivity contribution in [1.82, 2.24) is 19.7 Å². The predicted octanol–water partition coefficient (Wildman–Crippen LogP) is 2.73. The van der Waals surface area contributed by atoms with Crippen LogP contribution in [0.2, 0.25) is 0 Å². The van der Waals surface area contributed by atoms with E-state index in [2.05, 4.69) is 9.97 Å². The maximum absolute atomic E-state index is 6.36. The maximum atomic E-state index is 6.36. The molecule has 6 heteroatoms. The van der Waals surface area contributed by atoms with Crippen molar-refractivity contribution in [3.8, 4) is 16.4 Å². The lowest BCUT2D eigenvalue weighted by Crippen LogP contribution is -2.18. The molecule has 0 aliphatic heterocycles. The molecule has 2 N–H and O–H groups in total. The van der Waals surface area contributed by atoms with E-state index < -0.39 is 0 Å². The molecule has 4 rings (SSSR count). The van der Waals surface area contributed by atoms with E-state index in [0.29, 0.717) is 0 Å². The summed E-state index contributed by atoms with van der Waals surface area (Å²) >= 11 is 1.59. The summed E-state index contributed by atoms with van der Waals surface area (Å²) in [6, 6.07) is 4.00. The van der Waals surface area contributed by atoms with E-state index in [0.717, 1.165) is 41.2 Å². The van der Waals surface area contributed by atoms with Crippen LogP contribution in [0.1, 0.15) is 30.1 Å². The van der Waals surface area contributed by atoms with Crippen LogP contribution in [0.5, 0.6) is 0 Å². The van der Waals surface area contributed by atoms with Gasteiger partial charge in [-0.1, -0.05) is 0 Å². The lowest BCUT2D eigenvalue weighted by Gasteiger charge is -2.20. The summed E-state index contributed by atoms with van der Waals surface area (Å²) in [6.07, 6.45) is 8.52. The summed E-state index contributed by atoms with van der Waals surface area (Å²) < 4.78 is 1.96. The molecule has 0 radical (unpaired) electrons. The van der Waals surface area contributed by atoms with Crippen LogP contribution in [0.4, 0.5) is 0 Å². The van der Waals surface area contributed by atoms with Gasteiger partial charge in [0.1, 0.15) is 0 Å². The van der Waals surface area contributed by atoms with Gasteiger partial charge in [-0.2, -0.15) is 5.10 Å². The summed E-state index contributed by atoms with van der Waals surface area (Å²) in [6.45, 7) is 0. The molecular weight excluding hydrogens is 282 g/mol. The van der Waals surface area contributed by atoms with E-state index in [1.807, 2.05) is 28.4 Å². The zero-order valence-electron chi connectivity index (χ0n) is 11.4. The first-order valence-electron chi connectivity index (χ1n) is 7.02. The smallest absolute Gasteiger partial charge is 0.210 e. The van der Waals surface area contributed by atoms with Gasteiger partial charge >= 0.3 is 0 Å². The highest BCUT2D eigenvalue weighted by molar-refractivity contribution is 7.12. The fraction of sp³-hybridized carbons (Fsp3) is 0.267. The van der Waals surface area contributed by atoms with Crippen molar-refractivity contribution in [3.63, 3.8) is 0 Å². The Morgan fingerprint density at radius 3 is 3.05 bits per heavy atom. The van der Waals surface area contributed by atoms with Crippen LogP contribution in [0.25, 0.3) is 16.4 Å². The third-order valence-corrected chi connectivity index (χ3v) is 4.60. The second-order valence-corrected chi connectivity index (χ2v) is 6.05. The zero-order valence-corrected chi connectivity index (χ0v) is 12.3. The van der Waals surface area contributed by atoms with Gasteiger partial charge in [-0.05, 0) is 31.4 Å². The monoisotopic (exact) mass is 297 g/mol. The maximum Gasteiger partial charge on any atom is 0.210 e. The van der Waals surface area contributed by atoms with Crippen molar-refractivity contribution >= 4 is 11.3 Å². The molecule has 3 heterocycles. The molecule has 0 amide bonds. The predicted molar refractivity (Wildman–Crippen MR) is 82.3 cm³/mol. The SMILES string of the molecule is NC1CCCc2c1c(-c1cccnc1)nn2-c1nccs1. The van der Waals surface area contributed by atoms with Crippen LogP contribution >= 0.6 is 11.3 Å². The average molecular weight is 297 g/mol. The molecule has 0 saturated heterocycles. The van der Waals surface area contributed by atoms with Gasteiger partial charge in [-0.15, -0.1) is 11.3 Å². The van der Waals surface area contributed by atoms with Crippen LogP contribution in [0.3, 0.4) is 0 Å². The van der Waals surface area contributed by atoms with E-state index in [4.69, 9.17) is 10.8 Å². The van der Waals surface area contributed by atoms with Gasteiger partial charge in [0.25, 0.3) is 0 Å². The van der Waals surface area contributed by atoms with Crippen molar-refractivity contribution in [2.75, 3.05) is 0 Å². The number of nitrogens with two attached hydrogens (primary N) is 1. The highest BCUT2D eigenvalue weighted by Gasteiger charge is 2.28. The Hall–Kier alpha value is -2.05. The molecule has 0 bridgehead atoms. The van der Waals surface area contributed by atoms with Gasteiger partial charge in [0.15, 0.2) is 0 Å². The quantitative estimate of drug-likeness (QED) is 0.789. The molecule has 5 nitrogen and oxygen atoms in total. The van der Waals surface area contributed by atoms with Crippen molar-refractivity contribution in [3.05, 3.63) is 47.4 Å². The molecule has 1 unspecified atom stereocenters. The number of hydrogen-bond acceptors (Lipinski definition) is 5. The second kappa shape index (κ2) is 5.05. The highest BCUT2D eigenvalue weighted by atomic mass is 32.1. The molecule has 1 aliphatic rings. The number of thiazole rings is 1. The van der Waals surface area contributed by atoms with Crippen LogP contribution in [0.15, 0.2) is 36.1 Å². The van der Waals surface area contributed by atoms with Gasteiger partial charge < -0.3 is 5.73 Å². The average Bonchev–Trinajstić information content (AvgIpc) is 3.16. The molecule has 3 aromatic heterocycles. The molecular formula is C15H15N5S. The summed E-state index contributed by atoms with van der Waals surface area (Å²) in [5.41, 5.74) is 10.7. The van der Waals surface area contributed by atoms with E-state index in [-0.39, 0.29) is 6.04 Å². The molecule has 1 aliphatic carbocycles. The van der Waals surface area contributed by atoms with Gasteiger partial charge in [-0.3, -0.25) is 4.98 Å². The lowest BCUT2D eigenvalue weighted by molar-refractivity contribution is 0.558. The standard InChI is InChI=1S/C15H15N5S/c16-11-4-1-5-12-13(11)14(10-3-2-6-17-9-10)19-20(12)15-18-7-8-21-15/h2-3,6-9,11H,1,4-5,16H2. The first-order chi connectivity index (χ1) is 10.3. The van der Waals surface area contributed by atoms with Crippen LogP contribution in [-0.4, -0.2) is 19.7 Å². The Morgan fingerprint density at radius 1 is 1.33 bits per heavy atom. The van der Waals surface area contributed by atoms with Gasteiger partial charge in [0.2, 0.25) is 5.13 Å². The molecule has 21 heavy (non-hydrogen) atoms. The number of fused-ring (bicyclic) bond motifs is 1. The first kappa shape index (κ1) is 12.7. The Kier molecular flexibility index (Phi) is 3.05. The Morgan fingerprint density at radius 2 is 2.29 bits per heavy atom. The first-order valence-corrected chi connectivity index (χ1v) is 7.90. The topological polar surface area (TPSA) is 69.6 Å². The third-order valence-electron chi connectivity index (χ3n) is 3.86. The van der Waals surface area contributed by atoms with Gasteiger partial charge in [-0.25, -0.2) is 9.67 Å². The molecule has 0 saturated carbocycles. The van der Waals surface area contributed by atoms with Crippen molar-refractivity contribution in [1.29, 1.82) is 0 Å². The minimum absolute atomic E-state index is 0.0395. The van der Waals surface area contributed by atoms with E-state index in [1.54, 1.807) is 23.7 Å². The van der Waals surface area contributed by atoms with Gasteiger partial charge in [0.05, 0.1) is 11.4 Å². The van der Waals surface area contributed by atoms with E-state index in [1.165, 1.54) is 5.69 Å². The minimum atomic E-state index is 0.0395. The van der Waals surface area contributed by atoms with Gasteiger partial charge in [0, 0.05) is 41.1 Å². The third kappa shape index (κ3) is 2.07. The van der Waals surface area contributed by atoms with E-state index in [9.17, 15) is 0 Å². The fourth-order valence-electron chi connectivity index (χ4n) is 2.92. The minimum Gasteiger partial charge on any atom is -0.324 e. The lowest BCUT2D eigenvalue weighted by atomic mass is 9.90. The van der Waals surface area contributed by atoms with Crippen molar-refractivity contribution < 1.29 is 0 Å². The number of aromatic nitrogens is 4. The summed E-state index contributed by atoms with van der Waals surface area (Å²) in [5, 5.41) is 7.67. The van der Waals surface area contributed by atoms with Crippen LogP contribution in [-0.2, 0) is 6.42 Å². The Labute approximate surface area is 126 Å². The summed E-state index contributed by atoms with van der Waals surface area (Å²) in [4.78, 5) is 8.59. The van der Waals surface area contributed by atoms with Crippen LogP contribution in [0, 0.1) is 0 Å².